The molecule has 3 rings (SSSR count). The molecule has 1 unspecified atom stereocenters. The molecule has 0 aliphatic carbocycles. The summed E-state index contributed by atoms with van der Waals surface area (Å²) in [5.74, 6) is 2.46. The summed E-state index contributed by atoms with van der Waals surface area (Å²) in [5, 5.41) is 9.61. The molecule has 0 saturated heterocycles. The van der Waals surface area contributed by atoms with E-state index in [-0.39, 0.29) is 0 Å². The molecule has 2 nitrogen and oxygen atoms in total. The Hall–Kier alpha value is -1.45. The molecule has 3 heteroatoms. The van der Waals surface area contributed by atoms with Gasteiger partial charge in [-0.05, 0) is 48.7 Å². The van der Waals surface area contributed by atoms with Crippen molar-refractivity contribution in [3.63, 3.8) is 0 Å². The summed E-state index contributed by atoms with van der Waals surface area (Å²) < 4.78 is 6.02. The summed E-state index contributed by atoms with van der Waals surface area (Å²) in [6, 6.07) is 14.5. The zero-order chi connectivity index (χ0) is 14.8. The number of aryl methyl sites for hydroxylation is 1. The molecule has 2 aromatic rings. The maximum atomic E-state index is 9.61. The number of fused-ring (bicyclic) bond motifs is 1. The molecule has 1 heterocycles. The van der Waals surface area contributed by atoms with Gasteiger partial charge < -0.3 is 9.84 Å². The molecule has 2 atom stereocenters. The van der Waals surface area contributed by atoms with Gasteiger partial charge >= 0.3 is 0 Å². The topological polar surface area (TPSA) is 29.5 Å². The molecule has 21 heavy (non-hydrogen) atoms. The predicted molar refractivity (Wildman–Crippen MR) is 87.2 cm³/mol. The molecule has 0 aromatic heterocycles. The van der Waals surface area contributed by atoms with Gasteiger partial charge in [-0.2, -0.15) is 0 Å². The maximum Gasteiger partial charge on any atom is 0.122 e. The van der Waals surface area contributed by atoms with Crippen LogP contribution >= 0.6 is 11.8 Å². The van der Waals surface area contributed by atoms with Gasteiger partial charge in [-0.1, -0.05) is 24.3 Å². The Bertz CT molecular complexity index is 637. The lowest BCUT2D eigenvalue weighted by atomic mass is 10.0. The van der Waals surface area contributed by atoms with Crippen LogP contribution in [0.2, 0.25) is 0 Å². The van der Waals surface area contributed by atoms with E-state index in [4.69, 9.17) is 4.74 Å². The number of aliphatic hydroxyl groups is 1. The van der Waals surface area contributed by atoms with E-state index in [0.717, 1.165) is 22.6 Å². The van der Waals surface area contributed by atoms with E-state index in [1.807, 2.05) is 36.9 Å². The van der Waals surface area contributed by atoms with E-state index in [9.17, 15) is 5.11 Å². The van der Waals surface area contributed by atoms with Gasteiger partial charge in [-0.15, -0.1) is 11.8 Å². The van der Waals surface area contributed by atoms with E-state index in [0.29, 0.717) is 12.5 Å². The number of hydrogen-bond donors (Lipinski definition) is 1. The minimum Gasteiger partial charge on any atom is -0.493 e. The molecule has 110 valence electrons. The molecule has 0 radical (unpaired) electrons. The van der Waals surface area contributed by atoms with Crippen molar-refractivity contribution in [3.8, 4) is 5.75 Å². The SMILES string of the molecule is Cc1cc([C@H](C)O)ccc1OCC1CSc2ccccc21. The van der Waals surface area contributed by atoms with Gasteiger partial charge in [-0.25, -0.2) is 0 Å². The Morgan fingerprint density at radius 3 is 2.86 bits per heavy atom. The first-order chi connectivity index (χ1) is 10.1. The highest BCUT2D eigenvalue weighted by Crippen LogP contribution is 2.39. The number of ether oxygens (including phenoxy) is 1. The summed E-state index contributed by atoms with van der Waals surface area (Å²) in [5.41, 5.74) is 3.41. The van der Waals surface area contributed by atoms with Gasteiger partial charge in [0.1, 0.15) is 5.75 Å². The smallest absolute Gasteiger partial charge is 0.122 e. The van der Waals surface area contributed by atoms with Crippen LogP contribution in [0.15, 0.2) is 47.4 Å². The fourth-order valence-electron chi connectivity index (χ4n) is 2.65. The van der Waals surface area contributed by atoms with Crippen LogP contribution in [-0.4, -0.2) is 17.5 Å². The normalized spacial score (nSPS) is 18.3. The van der Waals surface area contributed by atoms with E-state index in [1.165, 1.54) is 10.5 Å². The largest absolute Gasteiger partial charge is 0.493 e. The average Bonchev–Trinajstić information content (AvgIpc) is 2.89. The molecule has 1 aliphatic rings. The average molecular weight is 300 g/mol. The maximum absolute atomic E-state index is 9.61. The fourth-order valence-corrected chi connectivity index (χ4v) is 3.88. The van der Waals surface area contributed by atoms with Gasteiger partial charge in [0, 0.05) is 16.6 Å². The molecular weight excluding hydrogens is 280 g/mol. The highest BCUT2D eigenvalue weighted by molar-refractivity contribution is 7.99. The third kappa shape index (κ3) is 3.09. The minimum atomic E-state index is -0.434. The molecule has 1 aliphatic heterocycles. The third-order valence-corrected chi connectivity index (χ3v) is 5.17. The lowest BCUT2D eigenvalue weighted by molar-refractivity contribution is 0.199. The number of aliphatic hydroxyl groups excluding tert-OH is 1. The highest BCUT2D eigenvalue weighted by atomic mass is 32.2. The van der Waals surface area contributed by atoms with Crippen molar-refractivity contribution in [1.29, 1.82) is 0 Å². The summed E-state index contributed by atoms with van der Waals surface area (Å²) >= 11 is 1.91. The third-order valence-electron chi connectivity index (χ3n) is 3.92. The van der Waals surface area contributed by atoms with E-state index >= 15 is 0 Å². The summed E-state index contributed by atoms with van der Waals surface area (Å²) in [6.45, 7) is 4.51. The molecule has 0 fully saturated rings. The zero-order valence-corrected chi connectivity index (χ0v) is 13.2. The van der Waals surface area contributed by atoms with E-state index in [1.54, 1.807) is 6.92 Å². The standard InChI is InChI=1S/C18H20O2S/c1-12-9-14(13(2)19)7-8-17(12)20-10-15-11-21-18-6-4-3-5-16(15)18/h3-9,13,15,19H,10-11H2,1-2H3/t13-,15?/m0/s1. The van der Waals surface area contributed by atoms with Crippen LogP contribution in [0.25, 0.3) is 0 Å². The van der Waals surface area contributed by atoms with Gasteiger partial charge in [0.15, 0.2) is 0 Å². The molecule has 0 spiro atoms. The fraction of sp³-hybridized carbons (Fsp3) is 0.333. The van der Waals surface area contributed by atoms with Crippen LogP contribution in [0, 0.1) is 6.92 Å². The Morgan fingerprint density at radius 2 is 2.10 bits per heavy atom. The van der Waals surface area contributed by atoms with Gasteiger partial charge in [0.25, 0.3) is 0 Å². The van der Waals surface area contributed by atoms with Crippen LogP contribution in [-0.2, 0) is 0 Å². The highest BCUT2D eigenvalue weighted by Gasteiger charge is 2.23. The first-order valence-electron chi connectivity index (χ1n) is 7.28. The molecule has 1 N–H and O–H groups in total. The Labute approximate surface area is 130 Å². The van der Waals surface area contributed by atoms with Crippen molar-refractivity contribution >= 4 is 11.8 Å². The number of benzene rings is 2. The van der Waals surface area contributed by atoms with Crippen LogP contribution in [0.3, 0.4) is 0 Å². The first kappa shape index (κ1) is 14.5. The first-order valence-corrected chi connectivity index (χ1v) is 8.27. The number of rotatable bonds is 4. The van der Waals surface area contributed by atoms with Crippen molar-refractivity contribution < 1.29 is 9.84 Å². The second kappa shape index (κ2) is 6.12. The van der Waals surface area contributed by atoms with Crippen molar-refractivity contribution in [2.24, 2.45) is 0 Å². The van der Waals surface area contributed by atoms with Crippen LogP contribution < -0.4 is 4.74 Å². The molecule has 0 amide bonds. The quantitative estimate of drug-likeness (QED) is 0.912. The van der Waals surface area contributed by atoms with Gasteiger partial charge in [0.2, 0.25) is 0 Å². The predicted octanol–water partition coefficient (Wildman–Crippen LogP) is 4.32. The van der Waals surface area contributed by atoms with Gasteiger partial charge in [-0.3, -0.25) is 0 Å². The van der Waals surface area contributed by atoms with Crippen molar-refractivity contribution in [3.05, 3.63) is 59.2 Å². The molecule has 0 saturated carbocycles. The van der Waals surface area contributed by atoms with Crippen molar-refractivity contribution in [2.75, 3.05) is 12.4 Å². The lowest BCUT2D eigenvalue weighted by Crippen LogP contribution is -2.10. The van der Waals surface area contributed by atoms with E-state index < -0.39 is 6.10 Å². The molecular formula is C18H20O2S. The minimum absolute atomic E-state index is 0.434. The lowest BCUT2D eigenvalue weighted by Gasteiger charge is -2.15. The Kier molecular flexibility index (Phi) is 4.22. The summed E-state index contributed by atoms with van der Waals surface area (Å²) in [7, 11) is 0. The van der Waals surface area contributed by atoms with Crippen molar-refractivity contribution in [1.82, 2.24) is 0 Å². The van der Waals surface area contributed by atoms with E-state index in [2.05, 4.69) is 24.3 Å². The van der Waals surface area contributed by atoms with Crippen molar-refractivity contribution in [2.45, 2.75) is 30.8 Å². The second-order valence-corrected chi connectivity index (χ2v) is 6.62. The van der Waals surface area contributed by atoms with Crippen LogP contribution in [0.5, 0.6) is 5.75 Å². The van der Waals surface area contributed by atoms with Crippen LogP contribution in [0.4, 0.5) is 0 Å². The van der Waals surface area contributed by atoms with Gasteiger partial charge in [0.05, 0.1) is 12.7 Å². The van der Waals surface area contributed by atoms with Crippen LogP contribution in [0.1, 0.15) is 35.6 Å². The number of thioether (sulfide) groups is 1. The summed E-state index contributed by atoms with van der Waals surface area (Å²) in [6.07, 6.45) is -0.434. The molecule has 0 bridgehead atoms. The second-order valence-electron chi connectivity index (χ2n) is 5.56. The molecule has 2 aromatic carbocycles. The zero-order valence-electron chi connectivity index (χ0n) is 12.4. The monoisotopic (exact) mass is 300 g/mol. The Morgan fingerprint density at radius 1 is 1.29 bits per heavy atom. The number of hydrogen-bond acceptors (Lipinski definition) is 3. The Balaban J connectivity index is 1.69. The summed E-state index contributed by atoms with van der Waals surface area (Å²) in [4.78, 5) is 1.38.